The van der Waals surface area contributed by atoms with Crippen molar-refractivity contribution < 1.29 is 23.9 Å². The second-order valence-electron chi connectivity index (χ2n) is 8.83. The van der Waals surface area contributed by atoms with Gasteiger partial charge in [-0.3, -0.25) is 4.79 Å². The molecule has 0 saturated heterocycles. The molecule has 2 N–H and O–H groups in total. The number of nitrogens with one attached hydrogen (secondary N) is 2. The van der Waals surface area contributed by atoms with E-state index in [0.717, 1.165) is 0 Å². The van der Waals surface area contributed by atoms with Crippen LogP contribution < -0.4 is 10.6 Å². The van der Waals surface area contributed by atoms with Crippen molar-refractivity contribution in [2.75, 3.05) is 0 Å². The van der Waals surface area contributed by atoms with Crippen molar-refractivity contribution in [3.8, 4) is 0 Å². The van der Waals surface area contributed by atoms with Crippen molar-refractivity contribution in [2.24, 2.45) is 0 Å². The predicted molar refractivity (Wildman–Crippen MR) is 91.5 cm³/mol. The Bertz CT molecular complexity index is 496. The molecule has 0 unspecified atom stereocenters. The highest BCUT2D eigenvalue weighted by Crippen LogP contribution is 2.16. The molecule has 7 nitrogen and oxygen atoms in total. The third-order valence-electron chi connectivity index (χ3n) is 2.72. The molecule has 2 amide bonds. The smallest absolute Gasteiger partial charge is 0.408 e. The second-order valence-corrected chi connectivity index (χ2v) is 8.83. The van der Waals surface area contributed by atoms with Crippen molar-refractivity contribution in [1.82, 2.24) is 10.6 Å². The van der Waals surface area contributed by atoms with Crippen LogP contribution in [0.15, 0.2) is 0 Å². The Labute approximate surface area is 144 Å². The van der Waals surface area contributed by atoms with Gasteiger partial charge >= 0.3 is 12.1 Å². The van der Waals surface area contributed by atoms with Gasteiger partial charge in [0.05, 0.1) is 0 Å². The van der Waals surface area contributed by atoms with Gasteiger partial charge in [0.1, 0.15) is 22.3 Å². The zero-order valence-electron chi connectivity index (χ0n) is 16.5. The molecule has 0 aromatic heterocycles. The number of alkyl carbamates (subject to hydrolysis) is 1. The molecule has 0 fully saturated rings. The average Bonchev–Trinajstić information content (AvgIpc) is 2.21. The van der Waals surface area contributed by atoms with Gasteiger partial charge in [0.25, 0.3) is 0 Å². The lowest BCUT2D eigenvalue weighted by atomic mass is 9.99. The third kappa shape index (κ3) is 8.17. The number of ether oxygens (including phenoxy) is 2. The van der Waals surface area contributed by atoms with E-state index in [1.807, 2.05) is 0 Å². The quantitative estimate of drug-likeness (QED) is 0.764. The minimum Gasteiger partial charge on any atom is -0.458 e. The Morgan fingerprint density at radius 2 is 1.04 bits per heavy atom. The molecule has 0 heterocycles. The van der Waals surface area contributed by atoms with Gasteiger partial charge in [-0.05, 0) is 69.2 Å². The maximum absolute atomic E-state index is 12.5. The normalized spacial score (nSPS) is 13.1. The molecule has 0 aliphatic heterocycles. The maximum atomic E-state index is 12.5. The van der Waals surface area contributed by atoms with E-state index < -0.39 is 40.2 Å². The number of esters is 1. The maximum Gasteiger partial charge on any atom is 0.408 e. The van der Waals surface area contributed by atoms with E-state index in [-0.39, 0.29) is 0 Å². The first kappa shape index (κ1) is 22.2. The summed E-state index contributed by atoms with van der Waals surface area (Å²) < 4.78 is 10.4. The van der Waals surface area contributed by atoms with Crippen LogP contribution >= 0.6 is 0 Å². The van der Waals surface area contributed by atoms with Crippen LogP contribution in [0.25, 0.3) is 0 Å². The largest absolute Gasteiger partial charge is 0.458 e. The summed E-state index contributed by atoms with van der Waals surface area (Å²) in [6.07, 6.45) is -0.710. The molecule has 24 heavy (non-hydrogen) atoms. The number of carbonyl (C=O) groups is 3. The average molecular weight is 344 g/mol. The molecule has 7 heteroatoms. The van der Waals surface area contributed by atoms with Gasteiger partial charge < -0.3 is 20.1 Å². The highest BCUT2D eigenvalue weighted by Gasteiger charge is 2.39. The molecule has 0 aliphatic carbocycles. The highest BCUT2D eigenvalue weighted by atomic mass is 16.6. The van der Waals surface area contributed by atoms with Crippen LogP contribution in [0.2, 0.25) is 0 Å². The molecule has 140 valence electrons. The minimum absolute atomic E-state index is 0.524. The molecule has 0 aromatic rings. The van der Waals surface area contributed by atoms with E-state index in [1.54, 1.807) is 55.4 Å². The number of amides is 2. The molecule has 0 saturated carbocycles. The van der Waals surface area contributed by atoms with Crippen molar-refractivity contribution >= 4 is 18.0 Å². The summed E-state index contributed by atoms with van der Waals surface area (Å²) in [5, 5.41) is 5.10. The van der Waals surface area contributed by atoms with E-state index in [9.17, 15) is 14.4 Å². The Morgan fingerprint density at radius 1 is 0.625 bits per heavy atom. The van der Waals surface area contributed by atoms with Crippen LogP contribution in [0.5, 0.6) is 0 Å². The number of hydrogen-bond acceptors (Lipinski definition) is 5. The van der Waals surface area contributed by atoms with Crippen LogP contribution in [0.1, 0.15) is 69.2 Å². The number of rotatable bonds is 4. The molecule has 0 spiro atoms. The van der Waals surface area contributed by atoms with Crippen LogP contribution in [0.4, 0.5) is 4.79 Å². The first-order valence-corrected chi connectivity index (χ1v) is 7.93. The summed E-state index contributed by atoms with van der Waals surface area (Å²) in [6.45, 7) is 16.6. The lowest BCUT2D eigenvalue weighted by molar-refractivity contribution is -0.163. The monoisotopic (exact) mass is 344 g/mol. The van der Waals surface area contributed by atoms with E-state index in [4.69, 9.17) is 9.47 Å². The van der Waals surface area contributed by atoms with Crippen LogP contribution in [-0.2, 0) is 19.1 Å². The van der Waals surface area contributed by atoms with Crippen molar-refractivity contribution in [3.63, 3.8) is 0 Å². The van der Waals surface area contributed by atoms with Gasteiger partial charge in [-0.25, -0.2) is 9.59 Å². The fourth-order valence-electron chi connectivity index (χ4n) is 1.51. The molecular formula is C17H32N2O5. The molecular weight excluding hydrogens is 312 g/mol. The molecule has 0 atom stereocenters. The Hall–Kier alpha value is -1.79. The van der Waals surface area contributed by atoms with E-state index in [1.165, 1.54) is 13.8 Å². The summed E-state index contributed by atoms with van der Waals surface area (Å²) in [4.78, 5) is 36.5. The van der Waals surface area contributed by atoms with Gasteiger partial charge in [-0.1, -0.05) is 0 Å². The van der Waals surface area contributed by atoms with Crippen LogP contribution in [-0.4, -0.2) is 40.2 Å². The molecule has 0 aliphatic rings. The van der Waals surface area contributed by atoms with Crippen molar-refractivity contribution in [2.45, 2.75) is 91.5 Å². The predicted octanol–water partition coefficient (Wildman–Crippen LogP) is 2.53. The Kier molecular flexibility index (Phi) is 6.47. The van der Waals surface area contributed by atoms with Crippen molar-refractivity contribution in [3.05, 3.63) is 0 Å². The first-order valence-electron chi connectivity index (χ1n) is 7.93. The zero-order valence-corrected chi connectivity index (χ0v) is 16.5. The summed E-state index contributed by atoms with van der Waals surface area (Å²) in [5.74, 6) is -1.08. The summed E-state index contributed by atoms with van der Waals surface area (Å²) >= 11 is 0. The summed E-state index contributed by atoms with van der Waals surface area (Å²) in [5.41, 5.74) is -3.84. The number of carbonyl (C=O) groups excluding carboxylic acids is 3. The van der Waals surface area contributed by atoms with Crippen LogP contribution in [0, 0.1) is 0 Å². The van der Waals surface area contributed by atoms with Gasteiger partial charge in [-0.2, -0.15) is 0 Å². The van der Waals surface area contributed by atoms with E-state index in [2.05, 4.69) is 10.6 Å². The second kappa shape index (κ2) is 6.99. The summed E-state index contributed by atoms with van der Waals surface area (Å²) in [7, 11) is 0. The third-order valence-corrected chi connectivity index (χ3v) is 2.72. The van der Waals surface area contributed by atoms with Gasteiger partial charge in [0.2, 0.25) is 5.91 Å². The molecule has 0 bridgehead atoms. The number of hydrogen-bond donors (Lipinski definition) is 2. The molecule has 0 aromatic carbocycles. The first-order chi connectivity index (χ1) is 10.4. The van der Waals surface area contributed by atoms with Gasteiger partial charge in [0, 0.05) is 0 Å². The van der Waals surface area contributed by atoms with Gasteiger partial charge in [-0.15, -0.1) is 0 Å². The fourth-order valence-corrected chi connectivity index (χ4v) is 1.51. The van der Waals surface area contributed by atoms with E-state index in [0.29, 0.717) is 0 Å². The fraction of sp³-hybridized carbons (Fsp3) is 0.824. The lowest BCUT2D eigenvalue weighted by Gasteiger charge is -2.33. The molecule has 0 rings (SSSR count). The Morgan fingerprint density at radius 3 is 1.42 bits per heavy atom. The lowest BCUT2D eigenvalue weighted by Crippen LogP contribution is -2.62. The van der Waals surface area contributed by atoms with E-state index >= 15 is 0 Å². The summed E-state index contributed by atoms with van der Waals surface area (Å²) in [6, 6.07) is 0. The SMILES string of the molecule is CC(C)(C)OC(=O)NC(C)(C)C(=O)NC(C)(C)C(=O)OC(C)(C)C. The highest BCUT2D eigenvalue weighted by molar-refractivity contribution is 5.93. The minimum atomic E-state index is -1.26. The van der Waals surface area contributed by atoms with Crippen molar-refractivity contribution in [1.29, 1.82) is 0 Å². The van der Waals surface area contributed by atoms with Gasteiger partial charge in [0.15, 0.2) is 0 Å². The van der Waals surface area contributed by atoms with Crippen LogP contribution in [0.3, 0.4) is 0 Å². The zero-order chi connectivity index (χ0) is 19.6. The standard InChI is InChI=1S/C17H32N2O5/c1-14(2,3)23-12(21)17(9,10)18-11(20)16(7,8)19-13(22)24-15(4,5)6/h1-10H3,(H,18,20)(H,19,22). The Balaban J connectivity index is 4.94. The topological polar surface area (TPSA) is 93.7 Å². The molecule has 0 radical (unpaired) electrons.